The summed E-state index contributed by atoms with van der Waals surface area (Å²) in [5, 5.41) is 2.71. The van der Waals surface area contributed by atoms with Crippen molar-refractivity contribution in [2.24, 2.45) is 0 Å². The first kappa shape index (κ1) is 24.5. The standard InChI is InChI=1S/C27H22ClF3N2O2/c1-2-3-13-35-19-8-6-7-17(14-19)25-16-21(20-9-4-5-10-24(20)33-25)26(34)32-18-11-12-23(28)22(15-18)27(29,30)31/h4-12,14-16H,2-3,13H2,1H3,(H,32,34). The number of pyridine rings is 1. The molecule has 1 aromatic heterocycles. The Kier molecular flexibility index (Phi) is 7.26. The van der Waals surface area contributed by atoms with Gasteiger partial charge in [-0.3, -0.25) is 4.79 Å². The summed E-state index contributed by atoms with van der Waals surface area (Å²) in [5.74, 6) is 0.133. The molecular weight excluding hydrogens is 477 g/mol. The molecule has 1 heterocycles. The second-order valence-corrected chi connectivity index (χ2v) is 8.36. The van der Waals surface area contributed by atoms with Crippen molar-refractivity contribution in [2.45, 2.75) is 25.9 Å². The van der Waals surface area contributed by atoms with Crippen LogP contribution in [0.4, 0.5) is 18.9 Å². The van der Waals surface area contributed by atoms with Crippen LogP contribution in [0.25, 0.3) is 22.2 Å². The lowest BCUT2D eigenvalue weighted by Gasteiger charge is -2.14. The van der Waals surface area contributed by atoms with E-state index < -0.39 is 22.7 Å². The van der Waals surface area contributed by atoms with Crippen LogP contribution >= 0.6 is 11.6 Å². The third kappa shape index (κ3) is 5.74. The summed E-state index contributed by atoms with van der Waals surface area (Å²) < 4.78 is 45.5. The Bertz CT molecular complexity index is 1370. The molecule has 0 fully saturated rings. The monoisotopic (exact) mass is 498 g/mol. The molecule has 4 aromatic rings. The molecule has 0 aliphatic rings. The molecule has 35 heavy (non-hydrogen) atoms. The van der Waals surface area contributed by atoms with Crippen LogP contribution in [0.5, 0.6) is 5.75 Å². The fourth-order valence-electron chi connectivity index (χ4n) is 3.61. The van der Waals surface area contributed by atoms with Crippen molar-refractivity contribution in [3.63, 3.8) is 0 Å². The largest absolute Gasteiger partial charge is 0.494 e. The average Bonchev–Trinajstić information content (AvgIpc) is 2.84. The fraction of sp³-hybridized carbons (Fsp3) is 0.185. The van der Waals surface area contributed by atoms with Crippen molar-refractivity contribution in [1.82, 2.24) is 4.98 Å². The number of carbonyl (C=O) groups excluding carboxylic acids is 1. The van der Waals surface area contributed by atoms with Gasteiger partial charge in [0.2, 0.25) is 0 Å². The summed E-state index contributed by atoms with van der Waals surface area (Å²) in [5.41, 5.74) is 1.13. The van der Waals surface area contributed by atoms with Gasteiger partial charge in [0.05, 0.1) is 34.0 Å². The Hall–Kier alpha value is -3.58. The van der Waals surface area contributed by atoms with E-state index >= 15 is 0 Å². The molecular formula is C27H22ClF3N2O2. The molecule has 0 unspecified atom stereocenters. The molecule has 8 heteroatoms. The van der Waals surface area contributed by atoms with Crippen molar-refractivity contribution >= 4 is 34.1 Å². The minimum Gasteiger partial charge on any atom is -0.494 e. The first-order valence-corrected chi connectivity index (χ1v) is 11.4. The number of rotatable bonds is 7. The van der Waals surface area contributed by atoms with E-state index in [1.165, 1.54) is 6.07 Å². The van der Waals surface area contributed by atoms with Crippen LogP contribution in [0.1, 0.15) is 35.7 Å². The SMILES string of the molecule is CCCCOc1cccc(-c2cc(C(=O)Nc3ccc(Cl)c(C(F)(F)F)c3)c3ccccc3n2)c1. The number of anilines is 1. The molecule has 1 N–H and O–H groups in total. The summed E-state index contributed by atoms with van der Waals surface area (Å²) in [4.78, 5) is 17.9. The Balaban J connectivity index is 1.71. The molecule has 0 aliphatic carbocycles. The van der Waals surface area contributed by atoms with Gasteiger partial charge in [0.15, 0.2) is 0 Å². The van der Waals surface area contributed by atoms with Gasteiger partial charge in [0.25, 0.3) is 5.91 Å². The second-order valence-electron chi connectivity index (χ2n) is 7.95. The lowest BCUT2D eigenvalue weighted by atomic mass is 10.0. The Morgan fingerprint density at radius 3 is 2.60 bits per heavy atom. The van der Waals surface area contributed by atoms with Gasteiger partial charge < -0.3 is 10.1 Å². The molecule has 0 saturated carbocycles. The van der Waals surface area contributed by atoms with Crippen LogP contribution in [0, 0.1) is 0 Å². The molecule has 1 amide bonds. The van der Waals surface area contributed by atoms with E-state index in [2.05, 4.69) is 17.2 Å². The number of ether oxygens (including phenoxy) is 1. The van der Waals surface area contributed by atoms with Crippen molar-refractivity contribution in [1.29, 1.82) is 0 Å². The predicted molar refractivity (Wildman–Crippen MR) is 132 cm³/mol. The molecule has 0 atom stereocenters. The fourth-order valence-corrected chi connectivity index (χ4v) is 3.83. The molecule has 0 bridgehead atoms. The number of para-hydroxylation sites is 1. The van der Waals surface area contributed by atoms with E-state index in [4.69, 9.17) is 16.3 Å². The average molecular weight is 499 g/mol. The third-order valence-electron chi connectivity index (χ3n) is 5.39. The number of aromatic nitrogens is 1. The number of benzene rings is 3. The lowest BCUT2D eigenvalue weighted by Crippen LogP contribution is -2.14. The van der Waals surface area contributed by atoms with Gasteiger partial charge in [-0.1, -0.05) is 55.3 Å². The summed E-state index contributed by atoms with van der Waals surface area (Å²) in [6.07, 6.45) is -2.69. The van der Waals surface area contributed by atoms with Gasteiger partial charge in [-0.2, -0.15) is 13.2 Å². The zero-order chi connectivity index (χ0) is 25.0. The molecule has 0 aliphatic heterocycles. The van der Waals surface area contributed by atoms with E-state index in [1.54, 1.807) is 30.3 Å². The normalized spacial score (nSPS) is 11.5. The minimum absolute atomic E-state index is 0.0134. The van der Waals surface area contributed by atoms with Crippen LogP contribution < -0.4 is 10.1 Å². The van der Waals surface area contributed by atoms with Crippen molar-refractivity contribution < 1.29 is 22.7 Å². The van der Waals surface area contributed by atoms with E-state index in [1.807, 2.05) is 24.3 Å². The van der Waals surface area contributed by atoms with Gasteiger partial charge in [-0.15, -0.1) is 0 Å². The Morgan fingerprint density at radius 2 is 1.83 bits per heavy atom. The number of hydrogen-bond acceptors (Lipinski definition) is 3. The zero-order valence-electron chi connectivity index (χ0n) is 18.8. The van der Waals surface area contributed by atoms with Gasteiger partial charge in [0.1, 0.15) is 5.75 Å². The number of carbonyl (C=O) groups is 1. The van der Waals surface area contributed by atoms with Gasteiger partial charge in [-0.05, 0) is 48.9 Å². The number of fused-ring (bicyclic) bond motifs is 1. The first-order valence-electron chi connectivity index (χ1n) is 11.1. The number of halogens is 4. The number of unbranched alkanes of at least 4 members (excludes halogenated alkanes) is 1. The van der Waals surface area contributed by atoms with Crippen LogP contribution in [-0.4, -0.2) is 17.5 Å². The molecule has 3 aromatic carbocycles. The van der Waals surface area contributed by atoms with E-state index in [0.29, 0.717) is 29.0 Å². The predicted octanol–water partition coefficient (Wildman–Crippen LogP) is 8.01. The minimum atomic E-state index is -4.64. The first-order chi connectivity index (χ1) is 16.8. The number of hydrogen-bond donors (Lipinski definition) is 1. The maximum atomic E-state index is 13.3. The van der Waals surface area contributed by atoms with E-state index in [0.717, 1.165) is 30.5 Å². The number of nitrogens with zero attached hydrogens (tertiary/aromatic N) is 1. The topological polar surface area (TPSA) is 51.2 Å². The van der Waals surface area contributed by atoms with Crippen molar-refractivity contribution in [2.75, 3.05) is 11.9 Å². The highest BCUT2D eigenvalue weighted by Crippen LogP contribution is 2.36. The molecule has 4 rings (SSSR count). The number of nitrogens with one attached hydrogen (secondary N) is 1. The van der Waals surface area contributed by atoms with E-state index in [9.17, 15) is 18.0 Å². The smallest absolute Gasteiger partial charge is 0.417 e. The molecule has 0 saturated heterocycles. The maximum absolute atomic E-state index is 13.3. The van der Waals surface area contributed by atoms with Crippen LogP contribution in [0.15, 0.2) is 72.8 Å². The summed E-state index contributed by atoms with van der Waals surface area (Å²) in [6.45, 7) is 2.68. The Morgan fingerprint density at radius 1 is 1.03 bits per heavy atom. The Labute approximate surface area is 205 Å². The van der Waals surface area contributed by atoms with Gasteiger partial charge >= 0.3 is 6.18 Å². The highest BCUT2D eigenvalue weighted by Gasteiger charge is 2.33. The van der Waals surface area contributed by atoms with Gasteiger partial charge in [0, 0.05) is 16.6 Å². The molecule has 0 radical (unpaired) electrons. The van der Waals surface area contributed by atoms with Crippen molar-refractivity contribution in [3.05, 3.63) is 88.9 Å². The third-order valence-corrected chi connectivity index (χ3v) is 5.72. The highest BCUT2D eigenvalue weighted by molar-refractivity contribution is 6.31. The highest BCUT2D eigenvalue weighted by atomic mass is 35.5. The summed E-state index contributed by atoms with van der Waals surface area (Å²) in [7, 11) is 0. The number of amides is 1. The quantitative estimate of drug-likeness (QED) is 0.262. The van der Waals surface area contributed by atoms with Crippen LogP contribution in [0.3, 0.4) is 0 Å². The van der Waals surface area contributed by atoms with E-state index in [-0.39, 0.29) is 11.3 Å². The molecule has 180 valence electrons. The second kappa shape index (κ2) is 10.4. The van der Waals surface area contributed by atoms with Crippen LogP contribution in [-0.2, 0) is 6.18 Å². The maximum Gasteiger partial charge on any atom is 0.417 e. The van der Waals surface area contributed by atoms with Crippen LogP contribution in [0.2, 0.25) is 5.02 Å². The van der Waals surface area contributed by atoms with Crippen molar-refractivity contribution in [3.8, 4) is 17.0 Å². The van der Waals surface area contributed by atoms with Gasteiger partial charge in [-0.25, -0.2) is 4.98 Å². The zero-order valence-corrected chi connectivity index (χ0v) is 19.6. The summed E-state index contributed by atoms with van der Waals surface area (Å²) in [6, 6.07) is 19.4. The summed E-state index contributed by atoms with van der Waals surface area (Å²) >= 11 is 5.70. The molecule has 0 spiro atoms. The molecule has 4 nitrogen and oxygen atoms in total. The lowest BCUT2D eigenvalue weighted by molar-refractivity contribution is -0.137. The number of alkyl halides is 3.